The topological polar surface area (TPSA) is 69.6 Å². The van der Waals surface area contributed by atoms with Gasteiger partial charge in [-0.3, -0.25) is 4.79 Å². The molecule has 0 aliphatic heterocycles. The van der Waals surface area contributed by atoms with E-state index in [9.17, 15) is 15.0 Å². The van der Waals surface area contributed by atoms with E-state index in [1.54, 1.807) is 6.08 Å². The van der Waals surface area contributed by atoms with E-state index < -0.39 is 12.1 Å². The number of aliphatic hydroxyl groups excluding tert-OH is 2. The Balaban J connectivity index is 3.55. The van der Waals surface area contributed by atoms with Gasteiger partial charge in [-0.05, 0) is 44.9 Å². The van der Waals surface area contributed by atoms with Crippen molar-refractivity contribution >= 4 is 5.91 Å². The fraction of sp³-hybridized carbons (Fsp3) is 0.881. The number of nitrogens with one attached hydrogen (secondary N) is 1. The Hall–Kier alpha value is -1.13. The predicted octanol–water partition coefficient (Wildman–Crippen LogP) is 12.5. The van der Waals surface area contributed by atoms with Crippen molar-refractivity contribution in [2.75, 3.05) is 6.61 Å². The molecule has 272 valence electrons. The molecule has 2 atom stereocenters. The molecule has 1 amide bonds. The lowest BCUT2D eigenvalue weighted by Crippen LogP contribution is -2.45. The first-order valence-electron chi connectivity index (χ1n) is 20.6. The molecule has 0 unspecified atom stereocenters. The average molecular weight is 648 g/mol. The number of unbranched alkanes of at least 4 members (excludes halogenated alkanes) is 28. The highest BCUT2D eigenvalue weighted by Gasteiger charge is 2.17. The normalized spacial score (nSPS) is 13.2. The van der Waals surface area contributed by atoms with Crippen LogP contribution in [0.1, 0.15) is 219 Å². The largest absolute Gasteiger partial charge is 0.394 e. The summed E-state index contributed by atoms with van der Waals surface area (Å²) in [6, 6.07) is -0.618. The molecule has 0 aromatic rings. The molecule has 46 heavy (non-hydrogen) atoms. The van der Waals surface area contributed by atoms with E-state index in [4.69, 9.17) is 0 Å². The fourth-order valence-electron chi connectivity index (χ4n) is 6.23. The van der Waals surface area contributed by atoms with Gasteiger partial charge in [0.25, 0.3) is 0 Å². The number of carbonyl (C=O) groups excluding carboxylic acids is 1. The van der Waals surface area contributed by atoms with Crippen molar-refractivity contribution in [3.8, 4) is 0 Å². The van der Waals surface area contributed by atoms with Gasteiger partial charge in [0.05, 0.1) is 18.8 Å². The molecule has 0 aliphatic carbocycles. The van der Waals surface area contributed by atoms with Gasteiger partial charge in [-0.2, -0.15) is 0 Å². The van der Waals surface area contributed by atoms with E-state index in [-0.39, 0.29) is 12.5 Å². The Morgan fingerprint density at radius 2 is 0.826 bits per heavy atom. The predicted molar refractivity (Wildman–Crippen MR) is 202 cm³/mol. The van der Waals surface area contributed by atoms with Crippen molar-refractivity contribution in [3.63, 3.8) is 0 Å². The Kier molecular flexibility index (Phi) is 37.4. The SMILES string of the molecule is CCCCCCCC/C=C/CCCCCCCCCCCCCC(=O)N[C@@H](CO)[C@H](O)/C=C/CCCCCCCCCCCCC. The molecule has 0 fully saturated rings. The minimum atomic E-state index is -0.835. The molecule has 0 rings (SSSR count). The van der Waals surface area contributed by atoms with Gasteiger partial charge in [0, 0.05) is 6.42 Å². The lowest BCUT2D eigenvalue weighted by molar-refractivity contribution is -0.123. The van der Waals surface area contributed by atoms with E-state index >= 15 is 0 Å². The van der Waals surface area contributed by atoms with E-state index in [1.807, 2.05) is 6.08 Å². The van der Waals surface area contributed by atoms with Gasteiger partial charge in [0.15, 0.2) is 0 Å². The molecule has 0 saturated heterocycles. The second-order valence-electron chi connectivity index (χ2n) is 14.1. The van der Waals surface area contributed by atoms with Crippen LogP contribution in [-0.2, 0) is 4.79 Å². The molecule has 0 radical (unpaired) electrons. The molecule has 0 aromatic carbocycles. The molecule has 0 spiro atoms. The van der Waals surface area contributed by atoms with E-state index in [0.29, 0.717) is 6.42 Å². The van der Waals surface area contributed by atoms with Crippen molar-refractivity contribution in [3.05, 3.63) is 24.3 Å². The summed E-state index contributed by atoms with van der Waals surface area (Å²) in [5.74, 6) is -0.0647. The molecule has 0 aromatic heterocycles. The number of rotatable bonds is 37. The second-order valence-corrected chi connectivity index (χ2v) is 14.1. The van der Waals surface area contributed by atoms with Gasteiger partial charge in [-0.25, -0.2) is 0 Å². The molecule has 3 N–H and O–H groups in total. The summed E-state index contributed by atoms with van der Waals surface area (Å²) in [6.45, 7) is 4.30. The summed E-state index contributed by atoms with van der Waals surface area (Å²) in [5.41, 5.74) is 0. The lowest BCUT2D eigenvalue weighted by Gasteiger charge is -2.20. The maximum Gasteiger partial charge on any atom is 0.220 e. The third-order valence-electron chi connectivity index (χ3n) is 9.43. The first-order chi connectivity index (χ1) is 22.7. The maximum absolute atomic E-state index is 12.3. The molecule has 0 aliphatic rings. The molecule has 0 bridgehead atoms. The number of hydrogen-bond acceptors (Lipinski definition) is 3. The lowest BCUT2D eigenvalue weighted by atomic mass is 10.0. The molecular formula is C42H81NO3. The molecular weight excluding hydrogens is 566 g/mol. The first kappa shape index (κ1) is 44.9. The number of hydrogen-bond donors (Lipinski definition) is 3. The Morgan fingerprint density at radius 3 is 1.20 bits per heavy atom. The van der Waals surface area contributed by atoms with Gasteiger partial charge >= 0.3 is 0 Å². The summed E-state index contributed by atoms with van der Waals surface area (Å²) in [4.78, 5) is 12.3. The van der Waals surface area contributed by atoms with Crippen LogP contribution in [-0.4, -0.2) is 34.9 Å². The van der Waals surface area contributed by atoms with Crippen LogP contribution in [0.2, 0.25) is 0 Å². The second kappa shape index (κ2) is 38.3. The summed E-state index contributed by atoms with van der Waals surface area (Å²) < 4.78 is 0. The standard InChI is InChI=1S/C42H81NO3/c1-3-5-7-9-11-13-15-17-18-19-20-21-22-23-24-26-28-30-32-34-36-38-42(46)43-40(39-44)41(45)37-35-33-31-29-27-25-16-14-12-10-8-6-4-2/h17-18,35,37,40-41,44-45H,3-16,19-34,36,38-39H2,1-2H3,(H,43,46)/b18-17+,37-35+/t40-,41+/m0/s1. The smallest absolute Gasteiger partial charge is 0.220 e. The van der Waals surface area contributed by atoms with E-state index in [2.05, 4.69) is 31.3 Å². The highest BCUT2D eigenvalue weighted by Crippen LogP contribution is 2.14. The van der Waals surface area contributed by atoms with Crippen LogP contribution in [0.5, 0.6) is 0 Å². The third-order valence-corrected chi connectivity index (χ3v) is 9.43. The summed E-state index contributed by atoms with van der Waals surface area (Å²) >= 11 is 0. The number of aliphatic hydroxyl groups is 2. The quantitative estimate of drug-likeness (QED) is 0.0464. The van der Waals surface area contributed by atoms with Crippen molar-refractivity contribution in [2.45, 2.75) is 231 Å². The first-order valence-corrected chi connectivity index (χ1v) is 20.6. The van der Waals surface area contributed by atoms with Gasteiger partial charge in [0.2, 0.25) is 5.91 Å². The average Bonchev–Trinajstić information content (AvgIpc) is 3.06. The van der Waals surface area contributed by atoms with Crippen LogP contribution >= 0.6 is 0 Å². The molecule has 0 saturated carbocycles. The third kappa shape index (κ3) is 34.2. The molecule has 4 heteroatoms. The van der Waals surface area contributed by atoms with Crippen LogP contribution in [0, 0.1) is 0 Å². The minimum absolute atomic E-state index is 0.0647. The highest BCUT2D eigenvalue weighted by molar-refractivity contribution is 5.76. The van der Waals surface area contributed by atoms with Crippen LogP contribution in [0.25, 0.3) is 0 Å². The Labute approximate surface area is 288 Å². The molecule has 0 heterocycles. The number of carbonyl (C=O) groups is 1. The van der Waals surface area contributed by atoms with Crippen molar-refractivity contribution in [2.24, 2.45) is 0 Å². The van der Waals surface area contributed by atoms with Crippen LogP contribution in [0.15, 0.2) is 24.3 Å². The summed E-state index contributed by atoms with van der Waals surface area (Å²) in [6.07, 6.45) is 48.4. The fourth-order valence-corrected chi connectivity index (χ4v) is 6.23. The van der Waals surface area contributed by atoms with Gasteiger partial charge in [0.1, 0.15) is 0 Å². The van der Waals surface area contributed by atoms with Gasteiger partial charge in [-0.15, -0.1) is 0 Å². The maximum atomic E-state index is 12.3. The van der Waals surface area contributed by atoms with E-state index in [0.717, 1.165) is 25.7 Å². The minimum Gasteiger partial charge on any atom is -0.394 e. The molecule has 4 nitrogen and oxygen atoms in total. The summed E-state index contributed by atoms with van der Waals surface area (Å²) in [5, 5.41) is 22.9. The summed E-state index contributed by atoms with van der Waals surface area (Å²) in [7, 11) is 0. The zero-order valence-electron chi connectivity index (χ0n) is 31.1. The van der Waals surface area contributed by atoms with Crippen LogP contribution in [0.3, 0.4) is 0 Å². The van der Waals surface area contributed by atoms with Gasteiger partial charge < -0.3 is 15.5 Å². The zero-order chi connectivity index (χ0) is 33.6. The van der Waals surface area contributed by atoms with E-state index in [1.165, 1.54) is 173 Å². The monoisotopic (exact) mass is 648 g/mol. The Morgan fingerprint density at radius 1 is 0.500 bits per heavy atom. The zero-order valence-corrected chi connectivity index (χ0v) is 31.1. The Bertz CT molecular complexity index is 661. The highest BCUT2D eigenvalue weighted by atomic mass is 16.3. The van der Waals surface area contributed by atoms with Crippen molar-refractivity contribution < 1.29 is 15.0 Å². The number of amides is 1. The van der Waals surface area contributed by atoms with Crippen molar-refractivity contribution in [1.82, 2.24) is 5.32 Å². The number of allylic oxidation sites excluding steroid dienone is 3. The van der Waals surface area contributed by atoms with Crippen molar-refractivity contribution in [1.29, 1.82) is 0 Å². The van der Waals surface area contributed by atoms with Crippen LogP contribution in [0.4, 0.5) is 0 Å². The van der Waals surface area contributed by atoms with Gasteiger partial charge in [-0.1, -0.05) is 192 Å². The van der Waals surface area contributed by atoms with Crippen LogP contribution < -0.4 is 5.32 Å².